The molecule has 1 amide bonds. The predicted molar refractivity (Wildman–Crippen MR) is 67.8 cm³/mol. The second-order valence-corrected chi connectivity index (χ2v) is 3.67. The summed E-state index contributed by atoms with van der Waals surface area (Å²) >= 11 is 0. The Morgan fingerprint density at radius 1 is 1.29 bits per heavy atom. The smallest absolute Gasteiger partial charge is 0.260 e. The number of nitrogens with two attached hydrogens (primary N) is 1. The SMILES string of the molecule is CCN(CC)C(=O)COc1ccccc1CN. The fourth-order valence-corrected chi connectivity index (χ4v) is 1.62. The van der Waals surface area contributed by atoms with Gasteiger partial charge in [-0.1, -0.05) is 18.2 Å². The van der Waals surface area contributed by atoms with Crippen molar-refractivity contribution < 1.29 is 9.53 Å². The summed E-state index contributed by atoms with van der Waals surface area (Å²) in [5.74, 6) is 0.692. The first-order chi connectivity index (χ1) is 8.22. The number of benzene rings is 1. The first-order valence-corrected chi connectivity index (χ1v) is 5.91. The van der Waals surface area contributed by atoms with Gasteiger partial charge in [0.15, 0.2) is 6.61 Å². The zero-order valence-electron chi connectivity index (χ0n) is 10.5. The standard InChI is InChI=1S/C13H20N2O2/c1-3-15(4-2)13(16)10-17-12-8-6-5-7-11(12)9-14/h5-8H,3-4,9-10,14H2,1-2H3. The number of carbonyl (C=O) groups is 1. The van der Waals surface area contributed by atoms with Crippen LogP contribution < -0.4 is 10.5 Å². The molecule has 0 unspecified atom stereocenters. The molecule has 94 valence electrons. The minimum atomic E-state index is 0.00169. The average molecular weight is 236 g/mol. The molecule has 0 heterocycles. The van der Waals surface area contributed by atoms with Crippen molar-refractivity contribution in [2.75, 3.05) is 19.7 Å². The number of hydrogen-bond donors (Lipinski definition) is 1. The zero-order chi connectivity index (χ0) is 12.7. The van der Waals surface area contributed by atoms with Crippen molar-refractivity contribution >= 4 is 5.91 Å². The van der Waals surface area contributed by atoms with Crippen LogP contribution in [0.25, 0.3) is 0 Å². The minimum Gasteiger partial charge on any atom is -0.483 e. The number of ether oxygens (including phenoxy) is 1. The summed E-state index contributed by atoms with van der Waals surface area (Å²) < 4.78 is 5.50. The second-order valence-electron chi connectivity index (χ2n) is 3.67. The Morgan fingerprint density at radius 3 is 2.53 bits per heavy atom. The Bertz CT molecular complexity index is 362. The summed E-state index contributed by atoms with van der Waals surface area (Å²) in [7, 11) is 0. The van der Waals surface area contributed by atoms with Gasteiger partial charge in [0, 0.05) is 25.2 Å². The van der Waals surface area contributed by atoms with E-state index in [4.69, 9.17) is 10.5 Å². The predicted octanol–water partition coefficient (Wildman–Crippen LogP) is 1.39. The molecule has 2 N–H and O–H groups in total. The van der Waals surface area contributed by atoms with Gasteiger partial charge in [0.25, 0.3) is 5.91 Å². The number of nitrogens with zero attached hydrogens (tertiary/aromatic N) is 1. The number of likely N-dealkylation sites (N-methyl/N-ethyl adjacent to an activating group) is 1. The monoisotopic (exact) mass is 236 g/mol. The van der Waals surface area contributed by atoms with Crippen molar-refractivity contribution in [3.05, 3.63) is 29.8 Å². The highest BCUT2D eigenvalue weighted by atomic mass is 16.5. The molecule has 4 nitrogen and oxygen atoms in total. The number of rotatable bonds is 6. The normalized spacial score (nSPS) is 10.1. The van der Waals surface area contributed by atoms with Crippen LogP contribution in [0.2, 0.25) is 0 Å². The van der Waals surface area contributed by atoms with E-state index in [-0.39, 0.29) is 12.5 Å². The molecule has 0 aliphatic heterocycles. The first kappa shape index (κ1) is 13.5. The van der Waals surface area contributed by atoms with Crippen LogP contribution in [0.5, 0.6) is 5.75 Å². The van der Waals surface area contributed by atoms with Gasteiger partial charge in [0.2, 0.25) is 0 Å². The van der Waals surface area contributed by atoms with Crippen molar-refractivity contribution in [2.45, 2.75) is 20.4 Å². The van der Waals surface area contributed by atoms with Crippen molar-refractivity contribution in [2.24, 2.45) is 5.73 Å². The van der Waals surface area contributed by atoms with E-state index in [2.05, 4.69) is 0 Å². The summed E-state index contributed by atoms with van der Waals surface area (Å²) in [5, 5.41) is 0. The van der Waals surface area contributed by atoms with Gasteiger partial charge < -0.3 is 15.4 Å². The van der Waals surface area contributed by atoms with E-state index in [1.54, 1.807) is 4.90 Å². The molecule has 0 radical (unpaired) electrons. The molecule has 1 rings (SSSR count). The molecule has 1 aromatic rings. The number of para-hydroxylation sites is 1. The van der Waals surface area contributed by atoms with Crippen LogP contribution in [0, 0.1) is 0 Å². The number of carbonyl (C=O) groups excluding carboxylic acids is 1. The maximum atomic E-state index is 11.7. The largest absolute Gasteiger partial charge is 0.483 e. The Labute approximate surface area is 102 Å². The lowest BCUT2D eigenvalue weighted by molar-refractivity contribution is -0.132. The lowest BCUT2D eigenvalue weighted by Crippen LogP contribution is -2.34. The van der Waals surface area contributed by atoms with Gasteiger partial charge in [0.05, 0.1) is 0 Å². The lowest BCUT2D eigenvalue weighted by Gasteiger charge is -2.19. The first-order valence-electron chi connectivity index (χ1n) is 5.91. The third kappa shape index (κ3) is 3.75. The summed E-state index contributed by atoms with van der Waals surface area (Å²) in [6.07, 6.45) is 0. The molecular weight excluding hydrogens is 216 g/mol. The molecule has 0 atom stereocenters. The summed E-state index contributed by atoms with van der Waals surface area (Å²) in [4.78, 5) is 13.5. The average Bonchev–Trinajstić information content (AvgIpc) is 2.38. The van der Waals surface area contributed by atoms with E-state index < -0.39 is 0 Å². The van der Waals surface area contributed by atoms with Crippen molar-refractivity contribution in [3.63, 3.8) is 0 Å². The van der Waals surface area contributed by atoms with E-state index in [1.807, 2.05) is 38.1 Å². The van der Waals surface area contributed by atoms with Gasteiger partial charge in [-0.3, -0.25) is 4.79 Å². The molecule has 0 saturated carbocycles. The highest BCUT2D eigenvalue weighted by Crippen LogP contribution is 2.16. The maximum Gasteiger partial charge on any atom is 0.260 e. The topological polar surface area (TPSA) is 55.6 Å². The third-order valence-electron chi connectivity index (χ3n) is 2.66. The van der Waals surface area contributed by atoms with Crippen LogP contribution in [0.15, 0.2) is 24.3 Å². The molecule has 0 bridgehead atoms. The Balaban J connectivity index is 2.58. The highest BCUT2D eigenvalue weighted by molar-refractivity contribution is 5.77. The molecule has 17 heavy (non-hydrogen) atoms. The molecular formula is C13H20N2O2. The van der Waals surface area contributed by atoms with E-state index in [0.717, 1.165) is 5.56 Å². The Morgan fingerprint density at radius 2 is 1.94 bits per heavy atom. The van der Waals surface area contributed by atoms with Gasteiger partial charge in [0.1, 0.15) is 5.75 Å². The zero-order valence-corrected chi connectivity index (χ0v) is 10.5. The number of amides is 1. The Hall–Kier alpha value is -1.55. The van der Waals surface area contributed by atoms with Gasteiger partial charge in [-0.2, -0.15) is 0 Å². The second kappa shape index (κ2) is 6.91. The fourth-order valence-electron chi connectivity index (χ4n) is 1.62. The molecule has 0 saturated heterocycles. The van der Waals surface area contributed by atoms with Gasteiger partial charge in [-0.15, -0.1) is 0 Å². The maximum absolute atomic E-state index is 11.7. The van der Waals surface area contributed by atoms with E-state index in [0.29, 0.717) is 25.4 Å². The van der Waals surface area contributed by atoms with Crippen molar-refractivity contribution in [3.8, 4) is 5.75 Å². The minimum absolute atomic E-state index is 0.00169. The summed E-state index contributed by atoms with van der Waals surface area (Å²) in [6, 6.07) is 7.51. The molecule has 0 aromatic heterocycles. The van der Waals surface area contributed by atoms with Crippen LogP contribution in [-0.2, 0) is 11.3 Å². The van der Waals surface area contributed by atoms with Gasteiger partial charge >= 0.3 is 0 Å². The lowest BCUT2D eigenvalue weighted by atomic mass is 10.2. The molecule has 0 aliphatic carbocycles. The van der Waals surface area contributed by atoms with E-state index >= 15 is 0 Å². The quantitative estimate of drug-likeness (QED) is 0.812. The van der Waals surface area contributed by atoms with Gasteiger partial charge in [-0.05, 0) is 19.9 Å². The third-order valence-corrected chi connectivity index (χ3v) is 2.66. The highest BCUT2D eigenvalue weighted by Gasteiger charge is 2.10. The van der Waals surface area contributed by atoms with Crippen molar-refractivity contribution in [1.29, 1.82) is 0 Å². The number of hydrogen-bond acceptors (Lipinski definition) is 3. The van der Waals surface area contributed by atoms with Crippen LogP contribution in [0.4, 0.5) is 0 Å². The summed E-state index contributed by atoms with van der Waals surface area (Å²) in [5.41, 5.74) is 6.51. The fraction of sp³-hybridized carbons (Fsp3) is 0.462. The molecule has 1 aromatic carbocycles. The van der Waals surface area contributed by atoms with Crippen LogP contribution in [-0.4, -0.2) is 30.5 Å². The molecule has 4 heteroatoms. The van der Waals surface area contributed by atoms with E-state index in [9.17, 15) is 4.79 Å². The van der Waals surface area contributed by atoms with Gasteiger partial charge in [-0.25, -0.2) is 0 Å². The Kier molecular flexibility index (Phi) is 5.49. The summed E-state index contributed by atoms with van der Waals surface area (Å²) in [6.45, 7) is 5.80. The van der Waals surface area contributed by atoms with Crippen molar-refractivity contribution in [1.82, 2.24) is 4.90 Å². The molecule has 0 fully saturated rings. The van der Waals surface area contributed by atoms with Crippen LogP contribution in [0.3, 0.4) is 0 Å². The van der Waals surface area contributed by atoms with Crippen LogP contribution in [0.1, 0.15) is 19.4 Å². The van der Waals surface area contributed by atoms with E-state index in [1.165, 1.54) is 0 Å². The molecule has 0 aliphatic rings. The van der Waals surface area contributed by atoms with Crippen LogP contribution >= 0.6 is 0 Å². The molecule has 0 spiro atoms.